The van der Waals surface area contributed by atoms with Gasteiger partial charge in [-0.1, -0.05) is 6.92 Å². The lowest BCUT2D eigenvalue weighted by Crippen LogP contribution is -2.42. The fourth-order valence-electron chi connectivity index (χ4n) is 3.08. The van der Waals surface area contributed by atoms with Gasteiger partial charge in [0.25, 0.3) is 10.0 Å². The van der Waals surface area contributed by atoms with Crippen LogP contribution in [-0.2, 0) is 19.6 Å². The average molecular weight is 467 g/mol. The van der Waals surface area contributed by atoms with Crippen LogP contribution in [0.3, 0.4) is 0 Å². The average Bonchev–Trinajstić information content (AvgIpc) is 3.08. The molecule has 148 valence electrons. The van der Waals surface area contributed by atoms with Crippen LogP contribution in [0, 0.1) is 11.8 Å². The van der Waals surface area contributed by atoms with Gasteiger partial charge in [0.2, 0.25) is 5.91 Å². The number of carbonyl (C=O) groups excluding carboxylic acids is 1. The van der Waals surface area contributed by atoms with E-state index in [0.717, 1.165) is 10.2 Å². The Labute approximate surface area is 168 Å². The van der Waals surface area contributed by atoms with Crippen molar-refractivity contribution in [3.63, 3.8) is 0 Å². The van der Waals surface area contributed by atoms with E-state index >= 15 is 0 Å². The van der Waals surface area contributed by atoms with Gasteiger partial charge in [-0.3, -0.25) is 4.79 Å². The normalized spacial score (nSPS) is 18.0. The van der Waals surface area contributed by atoms with Crippen molar-refractivity contribution in [3.05, 3.63) is 15.9 Å². The van der Waals surface area contributed by atoms with Crippen molar-refractivity contribution in [2.45, 2.75) is 37.3 Å². The summed E-state index contributed by atoms with van der Waals surface area (Å²) in [5.74, 6) is 0.149. The van der Waals surface area contributed by atoms with Gasteiger partial charge < -0.3 is 10.1 Å². The molecule has 0 bridgehead atoms. The van der Waals surface area contributed by atoms with Crippen LogP contribution in [0.2, 0.25) is 0 Å². The number of piperidine rings is 1. The molecular formula is C17H27BrN2O4S2. The molecule has 6 nitrogen and oxygen atoms in total. The predicted molar refractivity (Wildman–Crippen MR) is 107 cm³/mol. The van der Waals surface area contributed by atoms with Crippen molar-refractivity contribution in [2.75, 3.05) is 32.8 Å². The second-order valence-corrected chi connectivity index (χ2v) is 11.1. The quantitative estimate of drug-likeness (QED) is 0.567. The number of rotatable bonds is 9. The van der Waals surface area contributed by atoms with Crippen LogP contribution in [0.4, 0.5) is 0 Å². The first kappa shape index (κ1) is 21.8. The van der Waals surface area contributed by atoms with Gasteiger partial charge in [-0.2, -0.15) is 4.31 Å². The summed E-state index contributed by atoms with van der Waals surface area (Å²) in [6.45, 7) is 6.76. The molecule has 0 radical (unpaired) electrons. The number of thiophene rings is 1. The van der Waals surface area contributed by atoms with E-state index in [1.807, 2.05) is 13.8 Å². The number of carbonyl (C=O) groups is 1. The van der Waals surface area contributed by atoms with Crippen molar-refractivity contribution < 1.29 is 17.9 Å². The van der Waals surface area contributed by atoms with Gasteiger partial charge >= 0.3 is 0 Å². The molecule has 1 amide bonds. The van der Waals surface area contributed by atoms with Crippen molar-refractivity contribution in [1.29, 1.82) is 0 Å². The lowest BCUT2D eigenvalue weighted by Gasteiger charge is -2.33. The number of ether oxygens (including phenoxy) is 1. The Morgan fingerprint density at radius 3 is 2.69 bits per heavy atom. The van der Waals surface area contributed by atoms with Crippen LogP contribution in [0.15, 0.2) is 20.1 Å². The minimum atomic E-state index is -3.43. The highest BCUT2D eigenvalue weighted by Gasteiger charge is 2.33. The third-order valence-electron chi connectivity index (χ3n) is 4.73. The van der Waals surface area contributed by atoms with E-state index in [2.05, 4.69) is 21.2 Å². The molecule has 1 fully saturated rings. The van der Waals surface area contributed by atoms with E-state index in [1.54, 1.807) is 12.1 Å². The Morgan fingerprint density at radius 1 is 1.42 bits per heavy atom. The maximum atomic E-state index is 12.7. The van der Waals surface area contributed by atoms with Gasteiger partial charge in [0.05, 0.1) is 3.79 Å². The number of halogens is 1. The fourth-order valence-corrected chi connectivity index (χ4v) is 6.72. The molecule has 1 saturated heterocycles. The first-order chi connectivity index (χ1) is 12.4. The number of sulfonamides is 1. The van der Waals surface area contributed by atoms with Crippen molar-refractivity contribution >= 4 is 43.2 Å². The minimum Gasteiger partial charge on any atom is -0.382 e. The molecular weight excluding hydrogens is 440 g/mol. The van der Waals surface area contributed by atoms with E-state index in [4.69, 9.17) is 4.74 Å². The molecule has 2 rings (SSSR count). The Hall–Kier alpha value is -0.480. The molecule has 1 aliphatic heterocycles. The second kappa shape index (κ2) is 10.2. The monoisotopic (exact) mass is 466 g/mol. The molecule has 1 aromatic rings. The SMILES string of the molecule is CCOCCCNC(=O)C(C)C1CCN(S(=O)(=O)c2ccc(Br)s2)CC1. The smallest absolute Gasteiger partial charge is 0.252 e. The molecule has 1 N–H and O–H groups in total. The summed E-state index contributed by atoms with van der Waals surface area (Å²) in [4.78, 5) is 12.3. The van der Waals surface area contributed by atoms with Crippen LogP contribution in [0.25, 0.3) is 0 Å². The largest absolute Gasteiger partial charge is 0.382 e. The van der Waals surface area contributed by atoms with Gasteiger partial charge in [-0.25, -0.2) is 8.42 Å². The third-order valence-corrected chi connectivity index (χ3v) is 8.72. The van der Waals surface area contributed by atoms with Crippen molar-refractivity contribution in [3.8, 4) is 0 Å². The molecule has 1 aromatic heterocycles. The van der Waals surface area contributed by atoms with Crippen LogP contribution in [-0.4, -0.2) is 51.5 Å². The van der Waals surface area contributed by atoms with Crippen LogP contribution in [0.1, 0.15) is 33.1 Å². The summed E-state index contributed by atoms with van der Waals surface area (Å²) >= 11 is 4.54. The van der Waals surface area contributed by atoms with Gasteiger partial charge in [0.1, 0.15) is 4.21 Å². The Kier molecular flexibility index (Phi) is 8.53. The molecule has 0 spiro atoms. The van der Waals surface area contributed by atoms with Gasteiger partial charge in [0.15, 0.2) is 0 Å². The summed E-state index contributed by atoms with van der Waals surface area (Å²) in [6, 6.07) is 3.39. The molecule has 0 aliphatic carbocycles. The Balaban J connectivity index is 1.81. The summed E-state index contributed by atoms with van der Waals surface area (Å²) in [6.07, 6.45) is 2.22. The van der Waals surface area contributed by atoms with E-state index in [0.29, 0.717) is 49.9 Å². The highest BCUT2D eigenvalue weighted by atomic mass is 79.9. The zero-order valence-electron chi connectivity index (χ0n) is 15.2. The molecule has 0 aromatic carbocycles. The third kappa shape index (κ3) is 5.76. The number of amides is 1. The van der Waals surface area contributed by atoms with Crippen LogP contribution < -0.4 is 5.32 Å². The number of hydrogen-bond donors (Lipinski definition) is 1. The number of hydrogen-bond acceptors (Lipinski definition) is 5. The zero-order valence-corrected chi connectivity index (χ0v) is 18.5. The van der Waals surface area contributed by atoms with Crippen molar-refractivity contribution in [2.24, 2.45) is 11.8 Å². The summed E-state index contributed by atoms with van der Waals surface area (Å²) in [5.41, 5.74) is 0. The Morgan fingerprint density at radius 2 is 2.12 bits per heavy atom. The molecule has 2 heterocycles. The molecule has 9 heteroatoms. The van der Waals surface area contributed by atoms with E-state index in [1.165, 1.54) is 15.6 Å². The van der Waals surface area contributed by atoms with Gasteiger partial charge in [-0.05, 0) is 60.2 Å². The minimum absolute atomic E-state index is 0.0463. The summed E-state index contributed by atoms with van der Waals surface area (Å²) in [5, 5.41) is 2.95. The molecule has 1 atom stereocenters. The molecule has 1 unspecified atom stereocenters. The zero-order chi connectivity index (χ0) is 19.2. The Bertz CT molecular complexity index is 685. The van der Waals surface area contributed by atoms with Crippen molar-refractivity contribution in [1.82, 2.24) is 9.62 Å². The van der Waals surface area contributed by atoms with Crippen LogP contribution >= 0.6 is 27.3 Å². The lowest BCUT2D eigenvalue weighted by atomic mass is 9.85. The summed E-state index contributed by atoms with van der Waals surface area (Å²) < 4.78 is 33.3. The number of nitrogens with zero attached hydrogens (tertiary/aromatic N) is 1. The first-order valence-electron chi connectivity index (χ1n) is 8.97. The lowest BCUT2D eigenvalue weighted by molar-refractivity contribution is -0.126. The number of nitrogens with one attached hydrogen (secondary N) is 1. The maximum absolute atomic E-state index is 12.7. The topological polar surface area (TPSA) is 75.7 Å². The van der Waals surface area contributed by atoms with E-state index in [9.17, 15) is 13.2 Å². The van der Waals surface area contributed by atoms with E-state index in [-0.39, 0.29) is 17.7 Å². The maximum Gasteiger partial charge on any atom is 0.252 e. The van der Waals surface area contributed by atoms with Gasteiger partial charge in [-0.15, -0.1) is 11.3 Å². The highest BCUT2D eigenvalue weighted by molar-refractivity contribution is 9.11. The standard InChI is InChI=1S/C17H27BrN2O4S2/c1-3-24-12-4-9-19-17(21)13(2)14-7-10-20(11-8-14)26(22,23)16-6-5-15(18)25-16/h5-6,13-14H,3-4,7-12H2,1-2H3,(H,19,21). The van der Waals surface area contributed by atoms with E-state index < -0.39 is 10.0 Å². The van der Waals surface area contributed by atoms with Gasteiger partial charge in [0, 0.05) is 38.8 Å². The first-order valence-corrected chi connectivity index (χ1v) is 12.0. The van der Waals surface area contributed by atoms with Crippen LogP contribution in [0.5, 0.6) is 0 Å². The summed E-state index contributed by atoms with van der Waals surface area (Å²) in [7, 11) is -3.43. The predicted octanol–water partition coefficient (Wildman–Crippen LogP) is 3.09. The molecule has 1 aliphatic rings. The molecule has 0 saturated carbocycles. The highest BCUT2D eigenvalue weighted by Crippen LogP contribution is 2.32. The molecule has 26 heavy (non-hydrogen) atoms. The second-order valence-electron chi connectivity index (χ2n) is 6.43. The fraction of sp³-hybridized carbons (Fsp3) is 0.706.